The van der Waals surface area contributed by atoms with Crippen molar-refractivity contribution in [2.45, 2.75) is 44.6 Å². The van der Waals surface area contributed by atoms with Crippen molar-refractivity contribution in [1.82, 2.24) is 4.90 Å². The lowest BCUT2D eigenvalue weighted by molar-refractivity contribution is -0.137. The molecule has 1 atom stereocenters. The van der Waals surface area contributed by atoms with E-state index in [1.165, 1.54) is 5.56 Å². The predicted octanol–water partition coefficient (Wildman–Crippen LogP) is 6.48. The molecule has 1 aliphatic heterocycles. The third kappa shape index (κ3) is 6.40. The highest BCUT2D eigenvalue weighted by Crippen LogP contribution is 2.39. The van der Waals surface area contributed by atoms with Gasteiger partial charge < -0.3 is 14.7 Å². The highest BCUT2D eigenvalue weighted by molar-refractivity contribution is 6.42. The number of ether oxygens (including phenoxy) is 1. The van der Waals surface area contributed by atoms with Gasteiger partial charge in [-0.1, -0.05) is 65.7 Å². The van der Waals surface area contributed by atoms with Crippen LogP contribution >= 0.6 is 23.2 Å². The first-order chi connectivity index (χ1) is 17.2. The zero-order valence-electron chi connectivity index (χ0n) is 20.2. The minimum Gasteiger partial charge on any atom is -0.487 e. The lowest BCUT2D eigenvalue weighted by Gasteiger charge is -2.24. The quantitative estimate of drug-likeness (QED) is 0.329. The third-order valence-corrected chi connectivity index (χ3v) is 7.30. The van der Waals surface area contributed by atoms with Crippen molar-refractivity contribution in [3.05, 3.63) is 99.0 Å². The van der Waals surface area contributed by atoms with Gasteiger partial charge in [-0.2, -0.15) is 0 Å². The van der Waals surface area contributed by atoms with Crippen LogP contribution in [0.4, 0.5) is 0 Å². The SMILES string of the molecule is C[C@@]1(Cc2cccc(Cl)c2Cl)Cc2cc(C(=O)N(CCCc3ccccc3)CCC(=O)O)ccc2O1. The number of carbonyl (C=O) groups is 2. The van der Waals surface area contributed by atoms with E-state index in [4.69, 9.17) is 27.9 Å². The Morgan fingerprint density at radius 1 is 1.03 bits per heavy atom. The van der Waals surface area contributed by atoms with E-state index < -0.39 is 11.6 Å². The Labute approximate surface area is 221 Å². The van der Waals surface area contributed by atoms with Gasteiger partial charge in [-0.3, -0.25) is 9.59 Å². The van der Waals surface area contributed by atoms with E-state index in [1.807, 2.05) is 49.4 Å². The number of carbonyl (C=O) groups excluding carboxylic acids is 1. The van der Waals surface area contributed by atoms with Crippen LogP contribution in [0.5, 0.6) is 5.75 Å². The first-order valence-electron chi connectivity index (χ1n) is 12.0. The first kappa shape index (κ1) is 26.1. The molecule has 3 aromatic carbocycles. The zero-order valence-corrected chi connectivity index (χ0v) is 21.7. The molecule has 0 radical (unpaired) electrons. The zero-order chi connectivity index (χ0) is 25.7. The van der Waals surface area contributed by atoms with E-state index in [0.717, 1.165) is 29.7 Å². The Balaban J connectivity index is 1.46. The Kier molecular flexibility index (Phi) is 8.22. The monoisotopic (exact) mass is 525 g/mol. The first-order valence-corrected chi connectivity index (χ1v) is 12.8. The van der Waals surface area contributed by atoms with E-state index in [9.17, 15) is 14.7 Å². The topological polar surface area (TPSA) is 66.8 Å². The largest absolute Gasteiger partial charge is 0.487 e. The molecule has 0 saturated heterocycles. The Morgan fingerprint density at radius 3 is 2.56 bits per heavy atom. The van der Waals surface area contributed by atoms with E-state index in [-0.39, 0.29) is 18.9 Å². The summed E-state index contributed by atoms with van der Waals surface area (Å²) >= 11 is 12.6. The molecule has 0 saturated carbocycles. The van der Waals surface area contributed by atoms with Crippen LogP contribution in [-0.4, -0.2) is 40.6 Å². The van der Waals surface area contributed by atoms with Crippen molar-refractivity contribution < 1.29 is 19.4 Å². The summed E-state index contributed by atoms with van der Waals surface area (Å²) in [7, 11) is 0. The number of fused-ring (bicyclic) bond motifs is 1. The van der Waals surface area contributed by atoms with Crippen LogP contribution in [0.2, 0.25) is 10.0 Å². The molecule has 0 fully saturated rings. The van der Waals surface area contributed by atoms with Gasteiger partial charge in [-0.05, 0) is 60.7 Å². The number of aliphatic carboxylic acids is 1. The van der Waals surface area contributed by atoms with Gasteiger partial charge in [0.25, 0.3) is 5.91 Å². The Bertz CT molecular complexity index is 1250. The summed E-state index contributed by atoms with van der Waals surface area (Å²) < 4.78 is 6.28. The highest BCUT2D eigenvalue weighted by Gasteiger charge is 2.36. The Hall–Kier alpha value is -3.02. The second kappa shape index (κ2) is 11.4. The molecule has 0 unspecified atom stereocenters. The molecule has 4 rings (SSSR count). The van der Waals surface area contributed by atoms with E-state index >= 15 is 0 Å². The molecule has 0 aromatic heterocycles. The second-order valence-corrected chi connectivity index (χ2v) is 10.3. The van der Waals surface area contributed by atoms with Gasteiger partial charge >= 0.3 is 5.97 Å². The molecule has 3 aromatic rings. The summed E-state index contributed by atoms with van der Waals surface area (Å²) in [5, 5.41) is 10.2. The molecule has 36 heavy (non-hydrogen) atoms. The molecule has 1 amide bonds. The number of hydrogen-bond donors (Lipinski definition) is 1. The minimum atomic E-state index is -0.923. The maximum Gasteiger partial charge on any atom is 0.305 e. The van der Waals surface area contributed by atoms with Crippen LogP contribution in [0, 0.1) is 0 Å². The van der Waals surface area contributed by atoms with Gasteiger partial charge in [-0.25, -0.2) is 0 Å². The number of amides is 1. The Morgan fingerprint density at radius 2 is 1.81 bits per heavy atom. The van der Waals surface area contributed by atoms with Gasteiger partial charge in [0.1, 0.15) is 11.4 Å². The van der Waals surface area contributed by atoms with Crippen LogP contribution in [-0.2, 0) is 24.1 Å². The summed E-state index contributed by atoms with van der Waals surface area (Å²) in [4.78, 5) is 26.2. The summed E-state index contributed by atoms with van der Waals surface area (Å²) in [6.07, 6.45) is 2.68. The number of nitrogens with zero attached hydrogens (tertiary/aromatic N) is 1. The third-order valence-electron chi connectivity index (χ3n) is 6.44. The van der Waals surface area contributed by atoms with Crippen LogP contribution in [0.1, 0.15) is 46.8 Å². The maximum absolute atomic E-state index is 13.4. The summed E-state index contributed by atoms with van der Waals surface area (Å²) in [5.74, 6) is -0.347. The fourth-order valence-corrected chi connectivity index (χ4v) is 5.07. The van der Waals surface area contributed by atoms with Crippen LogP contribution in [0.25, 0.3) is 0 Å². The van der Waals surface area contributed by atoms with E-state index in [2.05, 4.69) is 12.1 Å². The van der Waals surface area contributed by atoms with Crippen molar-refractivity contribution in [3.8, 4) is 5.75 Å². The maximum atomic E-state index is 13.4. The van der Waals surface area contributed by atoms with Gasteiger partial charge in [0, 0.05) is 31.5 Å². The summed E-state index contributed by atoms with van der Waals surface area (Å²) in [6.45, 7) is 2.68. The fraction of sp³-hybridized carbons (Fsp3) is 0.310. The molecular formula is C29H29Cl2NO4. The minimum absolute atomic E-state index is 0.0937. The van der Waals surface area contributed by atoms with Crippen molar-refractivity contribution >= 4 is 35.1 Å². The molecule has 7 heteroatoms. The number of carboxylic acids is 1. The number of hydrogen-bond acceptors (Lipinski definition) is 3. The fourth-order valence-electron chi connectivity index (χ4n) is 4.69. The molecule has 0 aliphatic carbocycles. The van der Waals surface area contributed by atoms with Crippen molar-refractivity contribution in [2.75, 3.05) is 13.1 Å². The van der Waals surface area contributed by atoms with Gasteiger partial charge in [0.2, 0.25) is 0 Å². The average Bonchev–Trinajstić information content (AvgIpc) is 3.19. The van der Waals surface area contributed by atoms with Crippen molar-refractivity contribution in [1.29, 1.82) is 0 Å². The van der Waals surface area contributed by atoms with Gasteiger partial charge in [0.05, 0.1) is 16.5 Å². The molecule has 0 bridgehead atoms. The second-order valence-electron chi connectivity index (χ2n) is 9.47. The number of rotatable bonds is 10. The molecular weight excluding hydrogens is 497 g/mol. The van der Waals surface area contributed by atoms with Gasteiger partial charge in [-0.15, -0.1) is 0 Å². The molecule has 188 valence electrons. The van der Waals surface area contributed by atoms with Crippen LogP contribution in [0.3, 0.4) is 0 Å². The van der Waals surface area contributed by atoms with Crippen LogP contribution < -0.4 is 4.74 Å². The van der Waals surface area contributed by atoms with Crippen molar-refractivity contribution in [3.63, 3.8) is 0 Å². The normalized spacial score (nSPS) is 16.3. The lowest BCUT2D eigenvalue weighted by atomic mass is 9.91. The molecule has 1 heterocycles. The molecule has 1 aliphatic rings. The summed E-state index contributed by atoms with van der Waals surface area (Å²) in [6, 6.07) is 21.1. The van der Waals surface area contributed by atoms with E-state index in [1.54, 1.807) is 17.0 Å². The lowest BCUT2D eigenvalue weighted by Crippen LogP contribution is -2.34. The highest BCUT2D eigenvalue weighted by atomic mass is 35.5. The van der Waals surface area contributed by atoms with Gasteiger partial charge in [0.15, 0.2) is 0 Å². The molecule has 5 nitrogen and oxygen atoms in total. The predicted molar refractivity (Wildman–Crippen MR) is 142 cm³/mol. The van der Waals surface area contributed by atoms with Crippen LogP contribution in [0.15, 0.2) is 66.7 Å². The van der Waals surface area contributed by atoms with Crippen molar-refractivity contribution in [2.24, 2.45) is 0 Å². The number of aryl methyl sites for hydroxylation is 1. The summed E-state index contributed by atoms with van der Waals surface area (Å²) in [5.41, 5.74) is 3.07. The average molecular weight is 526 g/mol. The molecule has 1 N–H and O–H groups in total. The number of benzene rings is 3. The standard InChI is InChI=1S/C29H29Cl2NO4/c1-29(18-22-10-5-11-24(30)27(22)31)19-23-17-21(12-13-25(23)36-29)28(35)32(16-14-26(33)34)15-6-9-20-7-3-2-4-8-20/h2-5,7-8,10-13,17H,6,9,14-16,18-19H2,1H3,(H,33,34)/t29-/m1/s1. The smallest absolute Gasteiger partial charge is 0.305 e. The van der Waals surface area contributed by atoms with E-state index in [0.29, 0.717) is 35.0 Å². The number of halogens is 2. The molecule has 0 spiro atoms. The number of carboxylic acid groups (broad SMARTS) is 1.